The zero-order valence-corrected chi connectivity index (χ0v) is 16.8. The lowest BCUT2D eigenvalue weighted by Gasteiger charge is -2.33. The van der Waals surface area contributed by atoms with Crippen molar-refractivity contribution in [3.05, 3.63) is 57.6 Å². The van der Waals surface area contributed by atoms with E-state index in [1.165, 1.54) is 36.0 Å². The summed E-state index contributed by atoms with van der Waals surface area (Å²) in [5.41, 5.74) is 5.95. The summed E-state index contributed by atoms with van der Waals surface area (Å²) in [6.07, 6.45) is 1.25. The molecule has 27 heavy (non-hydrogen) atoms. The van der Waals surface area contributed by atoms with Crippen molar-refractivity contribution in [2.45, 2.75) is 25.3 Å². The van der Waals surface area contributed by atoms with Gasteiger partial charge in [-0.2, -0.15) is 0 Å². The number of nitrogens with one attached hydrogen (secondary N) is 1. The van der Waals surface area contributed by atoms with Gasteiger partial charge in [0.1, 0.15) is 16.7 Å². The second-order valence-electron chi connectivity index (χ2n) is 6.05. The van der Waals surface area contributed by atoms with E-state index in [1.807, 2.05) is 6.92 Å². The van der Waals surface area contributed by atoms with Gasteiger partial charge in [0.15, 0.2) is 5.17 Å². The normalized spacial score (nSPS) is 19.5. The first kappa shape index (κ1) is 19.9. The van der Waals surface area contributed by atoms with Gasteiger partial charge in [-0.25, -0.2) is 9.37 Å². The second-order valence-corrected chi connectivity index (χ2v) is 7.96. The summed E-state index contributed by atoms with van der Waals surface area (Å²) in [5, 5.41) is 3.45. The molecule has 1 amide bonds. The molecule has 0 spiro atoms. The van der Waals surface area contributed by atoms with E-state index >= 15 is 0 Å². The van der Waals surface area contributed by atoms with Gasteiger partial charge in [-0.3, -0.25) is 9.79 Å². The smallest absolute Gasteiger partial charge is 0.275 e. The van der Waals surface area contributed by atoms with Crippen LogP contribution in [0.25, 0.3) is 0 Å². The van der Waals surface area contributed by atoms with Crippen molar-refractivity contribution in [2.75, 3.05) is 11.1 Å². The number of carbonyl (C=O) groups excluding carboxylic acids is 1. The fraction of sp³-hybridized carbons (Fsp3) is 0.278. The predicted molar refractivity (Wildman–Crippen MR) is 109 cm³/mol. The molecule has 0 saturated carbocycles. The zero-order valence-electron chi connectivity index (χ0n) is 14.4. The Morgan fingerprint density at radius 3 is 2.85 bits per heavy atom. The lowest BCUT2D eigenvalue weighted by Crippen LogP contribution is -2.32. The van der Waals surface area contributed by atoms with Crippen molar-refractivity contribution < 1.29 is 9.18 Å². The maximum Gasteiger partial charge on any atom is 0.275 e. The number of nitrogens with two attached hydrogens (primary N) is 1. The lowest BCUT2D eigenvalue weighted by atomic mass is 9.84. The fourth-order valence-electron chi connectivity index (χ4n) is 2.99. The zero-order chi connectivity index (χ0) is 19.6. The van der Waals surface area contributed by atoms with Crippen molar-refractivity contribution in [1.29, 1.82) is 0 Å². The number of amidine groups is 1. The van der Waals surface area contributed by atoms with Gasteiger partial charge in [-0.1, -0.05) is 41.9 Å². The molecule has 0 aliphatic carbocycles. The summed E-state index contributed by atoms with van der Waals surface area (Å²) in [4.78, 5) is 21.0. The molecule has 2 aromatic rings. The van der Waals surface area contributed by atoms with Crippen LogP contribution in [-0.2, 0) is 5.54 Å². The summed E-state index contributed by atoms with van der Waals surface area (Å²) in [6.45, 7) is 1.94. The molecule has 0 radical (unpaired) electrons. The molecular weight excluding hydrogens is 410 g/mol. The number of hydrogen-bond acceptors (Lipinski definition) is 5. The Hall–Kier alpha value is -1.83. The number of halogens is 3. The molecule has 1 atom stereocenters. The van der Waals surface area contributed by atoms with E-state index in [0.717, 1.165) is 5.75 Å². The van der Waals surface area contributed by atoms with E-state index in [4.69, 9.17) is 28.9 Å². The molecule has 3 N–H and O–H groups in total. The first-order valence-electron chi connectivity index (χ1n) is 8.26. The molecule has 3 rings (SSSR count). The SMILES string of the molecule is CCC1(c2cc(NC(=O)c3nc(Cl)ccc3Cl)ccc2F)CCSC(N)=N1. The van der Waals surface area contributed by atoms with Gasteiger partial charge in [-0.15, -0.1) is 0 Å². The van der Waals surface area contributed by atoms with E-state index in [0.29, 0.717) is 29.3 Å². The van der Waals surface area contributed by atoms with Gasteiger partial charge < -0.3 is 11.1 Å². The fourth-order valence-corrected chi connectivity index (χ4v) is 4.22. The van der Waals surface area contributed by atoms with Crippen molar-refractivity contribution in [1.82, 2.24) is 4.98 Å². The largest absolute Gasteiger partial charge is 0.379 e. The highest BCUT2D eigenvalue weighted by Crippen LogP contribution is 2.40. The number of aliphatic imine (C=N–C) groups is 1. The van der Waals surface area contributed by atoms with E-state index in [1.54, 1.807) is 6.07 Å². The van der Waals surface area contributed by atoms with Crippen LogP contribution in [0.4, 0.5) is 10.1 Å². The standard InChI is InChI=1S/C18H17Cl2FN4OS/c1-2-18(7-8-27-17(22)25-18)11-9-10(3-5-13(11)21)23-16(26)15-12(19)4-6-14(20)24-15/h3-6,9H,2,7-8H2,1H3,(H2,22,25)(H,23,26). The Labute approximate surface area is 170 Å². The first-order chi connectivity index (χ1) is 12.8. The quantitative estimate of drug-likeness (QED) is 0.685. The Morgan fingerprint density at radius 2 is 2.15 bits per heavy atom. The molecule has 0 saturated heterocycles. The van der Waals surface area contributed by atoms with Crippen LogP contribution in [0, 0.1) is 5.82 Å². The van der Waals surface area contributed by atoms with Crippen molar-refractivity contribution in [3.63, 3.8) is 0 Å². The Kier molecular flexibility index (Phi) is 5.93. The minimum atomic E-state index is -0.744. The highest BCUT2D eigenvalue weighted by Gasteiger charge is 2.35. The third kappa shape index (κ3) is 4.20. The average molecular weight is 427 g/mol. The van der Waals surface area contributed by atoms with Gasteiger partial charge >= 0.3 is 0 Å². The van der Waals surface area contributed by atoms with Gasteiger partial charge in [-0.05, 0) is 43.2 Å². The molecule has 1 aliphatic rings. The van der Waals surface area contributed by atoms with Crippen LogP contribution in [0.5, 0.6) is 0 Å². The Morgan fingerprint density at radius 1 is 1.37 bits per heavy atom. The van der Waals surface area contributed by atoms with Gasteiger partial charge in [0.25, 0.3) is 5.91 Å². The van der Waals surface area contributed by atoms with Crippen LogP contribution in [-0.4, -0.2) is 21.8 Å². The van der Waals surface area contributed by atoms with Crippen LogP contribution in [0.2, 0.25) is 10.2 Å². The van der Waals surface area contributed by atoms with Crippen LogP contribution in [0.1, 0.15) is 35.8 Å². The molecule has 5 nitrogen and oxygen atoms in total. The number of hydrogen-bond donors (Lipinski definition) is 2. The molecule has 0 fully saturated rings. The van der Waals surface area contributed by atoms with Crippen LogP contribution in [0.15, 0.2) is 35.3 Å². The number of pyridine rings is 1. The highest BCUT2D eigenvalue weighted by atomic mass is 35.5. The van der Waals surface area contributed by atoms with Gasteiger partial charge in [0, 0.05) is 17.0 Å². The summed E-state index contributed by atoms with van der Waals surface area (Å²) >= 11 is 13.3. The predicted octanol–water partition coefficient (Wildman–Crippen LogP) is 4.84. The second kappa shape index (κ2) is 8.04. The maximum absolute atomic E-state index is 14.6. The van der Waals surface area contributed by atoms with Gasteiger partial charge in [0.05, 0.1) is 10.6 Å². The molecule has 9 heteroatoms. The number of nitrogens with zero attached hydrogens (tertiary/aromatic N) is 2. The summed E-state index contributed by atoms with van der Waals surface area (Å²) in [6, 6.07) is 7.35. The molecule has 1 aromatic carbocycles. The van der Waals surface area contributed by atoms with E-state index in [2.05, 4.69) is 15.3 Å². The minimum Gasteiger partial charge on any atom is -0.379 e. The summed E-state index contributed by atoms with van der Waals surface area (Å²) in [7, 11) is 0. The number of carbonyl (C=O) groups is 1. The maximum atomic E-state index is 14.6. The van der Waals surface area contributed by atoms with E-state index in [9.17, 15) is 9.18 Å². The summed E-state index contributed by atoms with van der Waals surface area (Å²) in [5.74, 6) is -0.175. The molecule has 1 unspecified atom stereocenters. The van der Waals surface area contributed by atoms with Gasteiger partial charge in [0.2, 0.25) is 0 Å². The van der Waals surface area contributed by atoms with Crippen molar-refractivity contribution >= 4 is 51.7 Å². The number of thioether (sulfide) groups is 1. The number of aromatic nitrogens is 1. The molecule has 2 heterocycles. The monoisotopic (exact) mass is 426 g/mol. The van der Waals surface area contributed by atoms with E-state index in [-0.39, 0.29) is 15.9 Å². The van der Waals surface area contributed by atoms with E-state index < -0.39 is 17.3 Å². The van der Waals surface area contributed by atoms with Crippen LogP contribution in [0.3, 0.4) is 0 Å². The Bertz CT molecular complexity index is 924. The summed E-state index contributed by atoms with van der Waals surface area (Å²) < 4.78 is 14.6. The third-order valence-corrected chi connectivity index (χ3v) is 5.74. The highest BCUT2D eigenvalue weighted by molar-refractivity contribution is 8.13. The minimum absolute atomic E-state index is 0.00317. The first-order valence-corrected chi connectivity index (χ1v) is 10.0. The number of amides is 1. The molecule has 1 aromatic heterocycles. The topological polar surface area (TPSA) is 80.4 Å². The molecule has 1 aliphatic heterocycles. The molecular formula is C18H17Cl2FN4OS. The molecule has 142 valence electrons. The number of anilines is 1. The lowest BCUT2D eigenvalue weighted by molar-refractivity contribution is 0.102. The number of rotatable bonds is 4. The van der Waals surface area contributed by atoms with Crippen LogP contribution >= 0.6 is 35.0 Å². The van der Waals surface area contributed by atoms with Crippen molar-refractivity contribution in [3.8, 4) is 0 Å². The van der Waals surface area contributed by atoms with Crippen molar-refractivity contribution in [2.24, 2.45) is 10.7 Å². The number of benzene rings is 1. The average Bonchev–Trinajstić information content (AvgIpc) is 2.65. The molecule has 0 bridgehead atoms. The van der Waals surface area contributed by atoms with Crippen LogP contribution < -0.4 is 11.1 Å². The third-order valence-electron chi connectivity index (χ3n) is 4.43. The Balaban J connectivity index is 1.95.